The van der Waals surface area contributed by atoms with Crippen molar-refractivity contribution in [1.82, 2.24) is 4.90 Å². The molecule has 0 aromatic heterocycles. The molecule has 5 nitrogen and oxygen atoms in total. The highest BCUT2D eigenvalue weighted by Crippen LogP contribution is 2.34. The minimum absolute atomic E-state index is 0.0192. The highest BCUT2D eigenvalue weighted by atomic mass is 16.6. The van der Waals surface area contributed by atoms with Crippen LogP contribution in [0.3, 0.4) is 0 Å². The molecular formula is C15H27NO4. The van der Waals surface area contributed by atoms with Gasteiger partial charge < -0.3 is 14.6 Å². The van der Waals surface area contributed by atoms with Crippen LogP contribution in [0.25, 0.3) is 0 Å². The van der Waals surface area contributed by atoms with E-state index in [1.165, 1.54) is 0 Å². The molecule has 0 radical (unpaired) electrons. The van der Waals surface area contributed by atoms with Crippen molar-refractivity contribution >= 4 is 6.09 Å². The average molecular weight is 285 g/mol. The van der Waals surface area contributed by atoms with Crippen LogP contribution in [0.5, 0.6) is 0 Å². The zero-order valence-electron chi connectivity index (χ0n) is 13.2. The van der Waals surface area contributed by atoms with Crippen molar-refractivity contribution in [2.24, 2.45) is 5.92 Å². The minimum atomic E-state index is -0.719. The summed E-state index contributed by atoms with van der Waals surface area (Å²) in [6.45, 7) is 13.5. The molecule has 1 aliphatic heterocycles. The van der Waals surface area contributed by atoms with E-state index in [1.807, 2.05) is 34.6 Å². The van der Waals surface area contributed by atoms with Gasteiger partial charge in [-0.15, -0.1) is 6.58 Å². The molecule has 1 rings (SSSR count). The van der Waals surface area contributed by atoms with Crippen LogP contribution in [0.15, 0.2) is 12.7 Å². The van der Waals surface area contributed by atoms with Gasteiger partial charge in [-0.25, -0.2) is 4.79 Å². The predicted octanol–water partition coefficient (Wildman–Crippen LogP) is 2.54. The fraction of sp³-hybridized carbons (Fsp3) is 0.800. The average Bonchev–Trinajstić information content (AvgIpc) is 2.59. The standard InChI is InChI=1S/C15H27NO4/c1-7-11(8-9-17)12-10-19-15(5,6)16(12)13(18)20-14(2,3)4/h7,11-12,17H,1,8-10H2,2-6H3/t11-,12-/m1/s1. The number of carbonyl (C=O) groups excluding carboxylic acids is 1. The van der Waals surface area contributed by atoms with Crippen molar-refractivity contribution < 1.29 is 19.4 Å². The highest BCUT2D eigenvalue weighted by molar-refractivity contribution is 5.69. The van der Waals surface area contributed by atoms with Crippen LogP contribution in [0.2, 0.25) is 0 Å². The molecule has 1 heterocycles. The first-order chi connectivity index (χ1) is 9.12. The van der Waals surface area contributed by atoms with Crippen LogP contribution < -0.4 is 0 Å². The van der Waals surface area contributed by atoms with E-state index >= 15 is 0 Å². The van der Waals surface area contributed by atoms with Crippen molar-refractivity contribution in [2.45, 2.75) is 58.4 Å². The molecule has 116 valence electrons. The third kappa shape index (κ3) is 3.96. The van der Waals surface area contributed by atoms with E-state index in [1.54, 1.807) is 11.0 Å². The van der Waals surface area contributed by atoms with Crippen molar-refractivity contribution in [3.05, 3.63) is 12.7 Å². The van der Waals surface area contributed by atoms with E-state index in [4.69, 9.17) is 14.6 Å². The largest absolute Gasteiger partial charge is 0.444 e. The Hall–Kier alpha value is -1.07. The summed E-state index contributed by atoms with van der Waals surface area (Å²) in [5, 5.41) is 9.15. The lowest BCUT2D eigenvalue weighted by Crippen LogP contribution is -2.51. The lowest BCUT2D eigenvalue weighted by atomic mass is 9.96. The topological polar surface area (TPSA) is 59.0 Å². The van der Waals surface area contributed by atoms with Gasteiger partial charge in [-0.3, -0.25) is 4.90 Å². The first kappa shape index (κ1) is 17.0. The van der Waals surface area contributed by atoms with Gasteiger partial charge in [0.25, 0.3) is 0 Å². The summed E-state index contributed by atoms with van der Waals surface area (Å²) in [4.78, 5) is 14.1. The molecular weight excluding hydrogens is 258 g/mol. The summed E-state index contributed by atoms with van der Waals surface area (Å²) in [7, 11) is 0. The fourth-order valence-electron chi connectivity index (χ4n) is 2.43. The van der Waals surface area contributed by atoms with Crippen LogP contribution in [0.1, 0.15) is 41.0 Å². The normalized spacial score (nSPS) is 23.5. The summed E-state index contributed by atoms with van der Waals surface area (Å²) in [6, 6.07) is -0.163. The third-order valence-corrected chi connectivity index (χ3v) is 3.37. The zero-order valence-corrected chi connectivity index (χ0v) is 13.2. The summed E-state index contributed by atoms with van der Waals surface area (Å²) in [5.41, 5.74) is -1.27. The number of carbonyl (C=O) groups is 1. The van der Waals surface area contributed by atoms with Gasteiger partial charge in [0.15, 0.2) is 0 Å². The molecule has 0 aromatic rings. The molecule has 1 aliphatic rings. The Balaban J connectivity index is 2.95. The molecule has 0 saturated carbocycles. The molecule has 20 heavy (non-hydrogen) atoms. The molecule has 2 atom stereocenters. The van der Waals surface area contributed by atoms with Gasteiger partial charge in [0.05, 0.1) is 12.6 Å². The number of aliphatic hydroxyl groups is 1. The molecule has 0 bridgehead atoms. The van der Waals surface area contributed by atoms with Gasteiger partial charge in [-0.2, -0.15) is 0 Å². The quantitative estimate of drug-likeness (QED) is 0.806. The van der Waals surface area contributed by atoms with Gasteiger partial charge in [-0.1, -0.05) is 6.08 Å². The van der Waals surface area contributed by atoms with Gasteiger partial charge >= 0.3 is 6.09 Å². The summed E-state index contributed by atoms with van der Waals surface area (Å²) < 4.78 is 11.2. The second kappa shape index (κ2) is 6.14. The number of hydrogen-bond donors (Lipinski definition) is 1. The Labute approximate surface area is 121 Å². The predicted molar refractivity (Wildman–Crippen MR) is 77.3 cm³/mol. The Morgan fingerprint density at radius 3 is 2.65 bits per heavy atom. The van der Waals surface area contributed by atoms with Gasteiger partial charge in [0.1, 0.15) is 11.3 Å². The highest BCUT2D eigenvalue weighted by Gasteiger charge is 2.47. The summed E-state index contributed by atoms with van der Waals surface area (Å²) in [6.07, 6.45) is 1.92. The Bertz CT molecular complexity index is 359. The molecule has 5 heteroatoms. The molecule has 0 spiro atoms. The van der Waals surface area contributed by atoms with E-state index in [9.17, 15) is 4.79 Å². The lowest BCUT2D eigenvalue weighted by molar-refractivity contribution is -0.0640. The second-order valence-corrected chi connectivity index (χ2v) is 6.59. The number of amides is 1. The third-order valence-electron chi connectivity index (χ3n) is 3.37. The zero-order chi connectivity index (χ0) is 15.6. The summed E-state index contributed by atoms with van der Waals surface area (Å²) in [5.74, 6) is -0.0192. The number of hydrogen-bond acceptors (Lipinski definition) is 4. The van der Waals surface area contributed by atoms with E-state index in [2.05, 4.69) is 6.58 Å². The number of ether oxygens (including phenoxy) is 2. The fourth-order valence-corrected chi connectivity index (χ4v) is 2.43. The number of rotatable bonds is 4. The number of nitrogens with zero attached hydrogens (tertiary/aromatic N) is 1. The van der Waals surface area contributed by atoms with Crippen LogP contribution in [0, 0.1) is 5.92 Å². The molecule has 0 unspecified atom stereocenters. The second-order valence-electron chi connectivity index (χ2n) is 6.59. The maximum Gasteiger partial charge on any atom is 0.412 e. The molecule has 1 N–H and O–H groups in total. The monoisotopic (exact) mass is 285 g/mol. The van der Waals surface area contributed by atoms with E-state index in [0.717, 1.165) is 0 Å². The molecule has 1 fully saturated rings. The first-order valence-corrected chi connectivity index (χ1v) is 7.02. The molecule has 1 saturated heterocycles. The van der Waals surface area contributed by atoms with Gasteiger partial charge in [0, 0.05) is 12.5 Å². The first-order valence-electron chi connectivity index (χ1n) is 7.02. The molecule has 0 aliphatic carbocycles. The van der Waals surface area contributed by atoms with E-state index < -0.39 is 17.4 Å². The van der Waals surface area contributed by atoms with Gasteiger partial charge in [0.2, 0.25) is 0 Å². The maximum atomic E-state index is 12.4. The maximum absolute atomic E-state index is 12.4. The lowest BCUT2D eigenvalue weighted by Gasteiger charge is -2.37. The smallest absolute Gasteiger partial charge is 0.412 e. The molecule has 1 amide bonds. The van der Waals surface area contributed by atoms with Crippen molar-refractivity contribution in [3.63, 3.8) is 0 Å². The number of aliphatic hydroxyl groups excluding tert-OH is 1. The van der Waals surface area contributed by atoms with E-state index in [-0.39, 0.29) is 18.6 Å². The van der Waals surface area contributed by atoms with Crippen LogP contribution >= 0.6 is 0 Å². The molecule has 0 aromatic carbocycles. The van der Waals surface area contributed by atoms with Crippen LogP contribution in [-0.2, 0) is 9.47 Å². The summed E-state index contributed by atoms with van der Waals surface area (Å²) >= 11 is 0. The SMILES string of the molecule is C=C[C@H](CCO)[C@H]1COC(C)(C)N1C(=O)OC(C)(C)C. The van der Waals surface area contributed by atoms with Crippen LogP contribution in [0.4, 0.5) is 4.79 Å². The Kier molecular flexibility index (Phi) is 5.21. The Morgan fingerprint density at radius 1 is 1.60 bits per heavy atom. The Morgan fingerprint density at radius 2 is 2.20 bits per heavy atom. The van der Waals surface area contributed by atoms with Crippen LogP contribution in [-0.4, -0.2) is 46.7 Å². The van der Waals surface area contributed by atoms with Crippen molar-refractivity contribution in [3.8, 4) is 0 Å². The van der Waals surface area contributed by atoms with Crippen molar-refractivity contribution in [1.29, 1.82) is 0 Å². The van der Waals surface area contributed by atoms with Crippen molar-refractivity contribution in [2.75, 3.05) is 13.2 Å². The minimum Gasteiger partial charge on any atom is -0.444 e. The van der Waals surface area contributed by atoms with E-state index in [0.29, 0.717) is 13.0 Å². The van der Waals surface area contributed by atoms with Gasteiger partial charge in [-0.05, 0) is 41.0 Å².